The van der Waals surface area contributed by atoms with Crippen molar-refractivity contribution in [2.75, 3.05) is 0 Å². The summed E-state index contributed by atoms with van der Waals surface area (Å²) in [5, 5.41) is 17.2. The number of nitrogens with zero attached hydrogens (tertiary/aromatic N) is 1. The number of aliphatic hydroxyl groups is 1. The van der Waals surface area contributed by atoms with Crippen LogP contribution in [-0.2, 0) is 0 Å². The summed E-state index contributed by atoms with van der Waals surface area (Å²) in [4.78, 5) is 0. The zero-order valence-electron chi connectivity index (χ0n) is 4.67. The quantitative estimate of drug-likeness (QED) is 0.499. The standard InChI is InChI=1S/C6H9NO/c7-4-5-1-2-6(8)3-5/h5-6,8H,1-3H2/t5-,6-/m0/s1. The van der Waals surface area contributed by atoms with Crippen LogP contribution in [-0.4, -0.2) is 11.2 Å². The Morgan fingerprint density at radius 2 is 2.25 bits per heavy atom. The van der Waals surface area contributed by atoms with E-state index >= 15 is 0 Å². The Hall–Kier alpha value is -0.550. The van der Waals surface area contributed by atoms with Gasteiger partial charge in [0.25, 0.3) is 0 Å². The number of hydrogen-bond donors (Lipinski definition) is 1. The Balaban J connectivity index is 2.35. The van der Waals surface area contributed by atoms with Gasteiger partial charge in [0.05, 0.1) is 12.2 Å². The minimum Gasteiger partial charge on any atom is -0.393 e. The minimum absolute atomic E-state index is 0.130. The Kier molecular flexibility index (Phi) is 1.50. The number of aliphatic hydroxyl groups excluding tert-OH is 1. The topological polar surface area (TPSA) is 44.0 Å². The van der Waals surface area contributed by atoms with Crippen LogP contribution in [0.3, 0.4) is 0 Å². The second-order valence-electron chi connectivity index (χ2n) is 2.29. The maximum atomic E-state index is 8.88. The number of rotatable bonds is 0. The normalized spacial score (nSPS) is 37.0. The maximum absolute atomic E-state index is 8.88. The first-order valence-electron chi connectivity index (χ1n) is 2.90. The average Bonchev–Trinajstić information content (AvgIpc) is 2.14. The van der Waals surface area contributed by atoms with Crippen molar-refractivity contribution in [3.05, 3.63) is 0 Å². The zero-order chi connectivity index (χ0) is 5.98. The van der Waals surface area contributed by atoms with E-state index in [0.717, 1.165) is 12.8 Å². The summed E-state index contributed by atoms with van der Waals surface area (Å²) in [5.41, 5.74) is 0. The van der Waals surface area contributed by atoms with Gasteiger partial charge in [0.2, 0.25) is 0 Å². The highest BCUT2D eigenvalue weighted by Gasteiger charge is 2.21. The van der Waals surface area contributed by atoms with Crippen LogP contribution in [0.4, 0.5) is 0 Å². The molecule has 8 heavy (non-hydrogen) atoms. The van der Waals surface area contributed by atoms with Crippen LogP contribution < -0.4 is 0 Å². The Bertz CT molecular complexity index is 116. The fourth-order valence-corrected chi connectivity index (χ4v) is 1.07. The average molecular weight is 111 g/mol. The highest BCUT2D eigenvalue weighted by molar-refractivity contribution is 4.89. The van der Waals surface area contributed by atoms with Crippen LogP contribution in [0.1, 0.15) is 19.3 Å². The second kappa shape index (κ2) is 2.15. The first kappa shape index (κ1) is 5.58. The van der Waals surface area contributed by atoms with Crippen molar-refractivity contribution in [1.29, 1.82) is 5.26 Å². The number of nitriles is 1. The first-order chi connectivity index (χ1) is 3.83. The predicted octanol–water partition coefficient (Wildman–Crippen LogP) is 0.671. The molecule has 0 bridgehead atoms. The monoisotopic (exact) mass is 111 g/mol. The molecule has 1 aliphatic carbocycles. The van der Waals surface area contributed by atoms with Gasteiger partial charge in [-0.05, 0) is 19.3 Å². The van der Waals surface area contributed by atoms with E-state index in [9.17, 15) is 0 Å². The van der Waals surface area contributed by atoms with E-state index in [-0.39, 0.29) is 12.0 Å². The maximum Gasteiger partial charge on any atom is 0.0656 e. The molecule has 44 valence electrons. The fourth-order valence-electron chi connectivity index (χ4n) is 1.07. The fraction of sp³-hybridized carbons (Fsp3) is 0.833. The summed E-state index contributed by atoms with van der Waals surface area (Å²) in [6.07, 6.45) is 2.20. The van der Waals surface area contributed by atoms with E-state index in [1.165, 1.54) is 0 Å². The first-order valence-corrected chi connectivity index (χ1v) is 2.90. The van der Waals surface area contributed by atoms with Crippen LogP contribution in [0.25, 0.3) is 0 Å². The van der Waals surface area contributed by atoms with Crippen LogP contribution in [0, 0.1) is 17.2 Å². The molecule has 1 rings (SSSR count). The minimum atomic E-state index is -0.195. The predicted molar refractivity (Wildman–Crippen MR) is 29.0 cm³/mol. The van der Waals surface area contributed by atoms with Crippen LogP contribution in [0.15, 0.2) is 0 Å². The largest absolute Gasteiger partial charge is 0.393 e. The van der Waals surface area contributed by atoms with E-state index in [0.29, 0.717) is 6.42 Å². The Morgan fingerprint density at radius 3 is 2.50 bits per heavy atom. The molecule has 2 atom stereocenters. The molecular weight excluding hydrogens is 102 g/mol. The van der Waals surface area contributed by atoms with E-state index in [1.54, 1.807) is 0 Å². The smallest absolute Gasteiger partial charge is 0.0656 e. The molecule has 0 saturated heterocycles. The van der Waals surface area contributed by atoms with Gasteiger partial charge in [-0.1, -0.05) is 0 Å². The third-order valence-corrected chi connectivity index (χ3v) is 1.59. The molecular formula is C6H9NO. The van der Waals surface area contributed by atoms with Gasteiger partial charge in [0.1, 0.15) is 0 Å². The van der Waals surface area contributed by atoms with Gasteiger partial charge >= 0.3 is 0 Å². The molecule has 0 heterocycles. The molecule has 0 aromatic rings. The van der Waals surface area contributed by atoms with Crippen molar-refractivity contribution in [1.82, 2.24) is 0 Å². The Labute approximate surface area is 48.7 Å². The zero-order valence-corrected chi connectivity index (χ0v) is 4.67. The van der Waals surface area contributed by atoms with Crippen molar-refractivity contribution in [2.45, 2.75) is 25.4 Å². The lowest BCUT2D eigenvalue weighted by Gasteiger charge is -1.94. The molecule has 0 aliphatic heterocycles. The van der Waals surface area contributed by atoms with Crippen LogP contribution in [0.2, 0.25) is 0 Å². The van der Waals surface area contributed by atoms with Crippen molar-refractivity contribution in [3.8, 4) is 6.07 Å². The molecule has 0 amide bonds. The van der Waals surface area contributed by atoms with E-state index in [2.05, 4.69) is 6.07 Å². The van der Waals surface area contributed by atoms with E-state index in [4.69, 9.17) is 10.4 Å². The van der Waals surface area contributed by atoms with Gasteiger partial charge in [-0.2, -0.15) is 5.26 Å². The molecule has 0 unspecified atom stereocenters. The third kappa shape index (κ3) is 0.988. The molecule has 2 heteroatoms. The Morgan fingerprint density at radius 1 is 1.50 bits per heavy atom. The summed E-state index contributed by atoms with van der Waals surface area (Å²) in [5.74, 6) is 0.130. The second-order valence-corrected chi connectivity index (χ2v) is 2.29. The molecule has 1 N–H and O–H groups in total. The molecule has 1 aliphatic rings. The summed E-state index contributed by atoms with van der Waals surface area (Å²) in [7, 11) is 0. The highest BCUT2D eigenvalue weighted by atomic mass is 16.3. The van der Waals surface area contributed by atoms with Gasteiger partial charge in [-0.3, -0.25) is 0 Å². The molecule has 0 aromatic heterocycles. The summed E-state index contributed by atoms with van der Waals surface area (Å²) in [6.45, 7) is 0. The van der Waals surface area contributed by atoms with Gasteiger partial charge < -0.3 is 5.11 Å². The van der Waals surface area contributed by atoms with Crippen molar-refractivity contribution >= 4 is 0 Å². The highest BCUT2D eigenvalue weighted by Crippen LogP contribution is 2.23. The molecule has 2 nitrogen and oxygen atoms in total. The summed E-state index contributed by atoms with van der Waals surface area (Å²) >= 11 is 0. The van der Waals surface area contributed by atoms with Crippen LogP contribution >= 0.6 is 0 Å². The van der Waals surface area contributed by atoms with Crippen molar-refractivity contribution in [3.63, 3.8) is 0 Å². The van der Waals surface area contributed by atoms with Crippen LogP contribution in [0.5, 0.6) is 0 Å². The van der Waals surface area contributed by atoms with Gasteiger partial charge in [-0.15, -0.1) is 0 Å². The molecule has 1 fully saturated rings. The summed E-state index contributed by atoms with van der Waals surface area (Å²) in [6, 6.07) is 2.13. The van der Waals surface area contributed by atoms with Gasteiger partial charge in [-0.25, -0.2) is 0 Å². The molecule has 0 spiro atoms. The van der Waals surface area contributed by atoms with Crippen molar-refractivity contribution < 1.29 is 5.11 Å². The van der Waals surface area contributed by atoms with Gasteiger partial charge in [0, 0.05) is 5.92 Å². The molecule has 1 saturated carbocycles. The lowest BCUT2D eigenvalue weighted by molar-refractivity contribution is 0.180. The van der Waals surface area contributed by atoms with E-state index < -0.39 is 0 Å². The lowest BCUT2D eigenvalue weighted by atomic mass is 10.1. The molecule has 0 radical (unpaired) electrons. The third-order valence-electron chi connectivity index (χ3n) is 1.59. The molecule has 0 aromatic carbocycles. The SMILES string of the molecule is N#C[C@H]1CC[C@H](O)C1. The summed E-state index contributed by atoms with van der Waals surface area (Å²) < 4.78 is 0. The van der Waals surface area contributed by atoms with Gasteiger partial charge in [0.15, 0.2) is 0 Å². The van der Waals surface area contributed by atoms with E-state index in [1.807, 2.05) is 0 Å². The van der Waals surface area contributed by atoms with Crippen molar-refractivity contribution in [2.24, 2.45) is 5.92 Å². The lowest BCUT2D eigenvalue weighted by Crippen LogP contribution is -1.97. The number of hydrogen-bond acceptors (Lipinski definition) is 2.